The zero-order valence-electron chi connectivity index (χ0n) is 23.9. The average Bonchev–Trinajstić information content (AvgIpc) is 3.23. The quantitative estimate of drug-likeness (QED) is 0.0930. The summed E-state index contributed by atoms with van der Waals surface area (Å²) in [6.45, 7) is 9.38. The molecule has 0 aliphatic carbocycles. The maximum atomic E-state index is 2.60. The molecule has 0 saturated carbocycles. The fourth-order valence-electron chi connectivity index (χ4n) is 5.26. The topological polar surface area (TPSA) is 8.81 Å². The number of imidazole rings is 1. The number of nitrogens with zero attached hydrogens (tertiary/aromatic N) is 2. The van der Waals surface area contributed by atoms with E-state index in [0.717, 1.165) is 0 Å². The first-order valence-corrected chi connectivity index (χ1v) is 15.9. The number of aryl methyl sites for hydroxylation is 2. The second-order valence-electron chi connectivity index (χ2n) is 10.9. The highest BCUT2D eigenvalue weighted by Crippen LogP contribution is 2.13. The van der Waals surface area contributed by atoms with E-state index in [1.807, 2.05) is 0 Å². The summed E-state index contributed by atoms with van der Waals surface area (Å²) in [5.74, 6) is 1.60. The van der Waals surface area contributed by atoms with Crippen molar-refractivity contribution in [3.63, 3.8) is 0 Å². The summed E-state index contributed by atoms with van der Waals surface area (Å²) in [7, 11) is 0. The van der Waals surface area contributed by atoms with Crippen LogP contribution in [-0.4, -0.2) is 4.57 Å². The Morgan fingerprint density at radius 1 is 0.500 bits per heavy atom. The highest BCUT2D eigenvalue weighted by molar-refractivity contribution is 4.84. The number of hydrogen-bond acceptors (Lipinski definition) is 0. The standard InChI is InChI=1S/C32H63N2/c1-4-7-10-13-15-16-17-18-19-20-23-26-29-34-31-30-33(28-25-22-14-11-8-5-2)32(34)27-24-21-12-9-6-3/h30-31H,4-29H2,1-3H3/q+1. The fraction of sp³-hybridized carbons (Fsp3) is 0.906. The maximum absolute atomic E-state index is 2.60. The zero-order valence-corrected chi connectivity index (χ0v) is 23.9. The molecule has 0 unspecified atom stereocenters. The van der Waals surface area contributed by atoms with Gasteiger partial charge in [-0.15, -0.1) is 0 Å². The van der Waals surface area contributed by atoms with Gasteiger partial charge in [-0.2, -0.15) is 0 Å². The average molecular weight is 476 g/mol. The molecule has 1 aromatic rings. The van der Waals surface area contributed by atoms with Gasteiger partial charge in [0.25, 0.3) is 5.82 Å². The Morgan fingerprint density at radius 3 is 1.41 bits per heavy atom. The Morgan fingerprint density at radius 2 is 0.912 bits per heavy atom. The van der Waals surface area contributed by atoms with Gasteiger partial charge in [0.1, 0.15) is 12.4 Å². The molecule has 1 rings (SSSR count). The summed E-state index contributed by atoms with van der Waals surface area (Å²) in [4.78, 5) is 0. The van der Waals surface area contributed by atoms with Crippen molar-refractivity contribution in [1.29, 1.82) is 0 Å². The largest absolute Gasteiger partial charge is 0.256 e. The Kier molecular flexibility index (Phi) is 22.0. The Labute approximate surface area is 215 Å². The molecule has 0 spiro atoms. The third-order valence-electron chi connectivity index (χ3n) is 7.60. The molecule has 2 heteroatoms. The minimum Gasteiger partial charge on any atom is -0.234 e. The Bertz CT molecular complexity index is 533. The molecule has 0 saturated heterocycles. The normalized spacial score (nSPS) is 11.5. The van der Waals surface area contributed by atoms with Crippen LogP contribution in [-0.2, 0) is 19.5 Å². The SMILES string of the molecule is CCCCCCCCCCCCCC[n+]1ccn(CCCCCCCC)c1CCCCCCC. The van der Waals surface area contributed by atoms with Gasteiger partial charge in [-0.1, -0.05) is 136 Å². The van der Waals surface area contributed by atoms with Gasteiger partial charge >= 0.3 is 0 Å². The van der Waals surface area contributed by atoms with Gasteiger partial charge in [0.15, 0.2) is 0 Å². The van der Waals surface area contributed by atoms with Gasteiger partial charge in [-0.25, -0.2) is 9.13 Å². The van der Waals surface area contributed by atoms with Crippen LogP contribution in [0.15, 0.2) is 12.4 Å². The molecule has 0 amide bonds. The lowest BCUT2D eigenvalue weighted by Crippen LogP contribution is -2.37. The molecule has 2 nitrogen and oxygen atoms in total. The monoisotopic (exact) mass is 475 g/mol. The lowest BCUT2D eigenvalue weighted by Gasteiger charge is -2.07. The molecule has 0 fully saturated rings. The molecule has 0 atom stereocenters. The maximum Gasteiger partial charge on any atom is 0.256 e. The zero-order chi connectivity index (χ0) is 24.5. The van der Waals surface area contributed by atoms with E-state index in [1.165, 1.54) is 167 Å². The molecule has 0 aromatic carbocycles. The van der Waals surface area contributed by atoms with Crippen LogP contribution in [0.4, 0.5) is 0 Å². The minimum absolute atomic E-state index is 1.22. The van der Waals surface area contributed by atoms with E-state index in [2.05, 4.69) is 42.3 Å². The molecule has 1 aromatic heterocycles. The summed E-state index contributed by atoms with van der Waals surface area (Å²) in [6.07, 6.45) is 38.5. The van der Waals surface area contributed by atoms with Crippen LogP contribution in [0.25, 0.3) is 0 Å². The molecule has 1 heterocycles. The van der Waals surface area contributed by atoms with E-state index in [4.69, 9.17) is 0 Å². The summed E-state index contributed by atoms with van der Waals surface area (Å²) in [6, 6.07) is 0. The van der Waals surface area contributed by atoms with Gasteiger partial charge in [-0.3, -0.25) is 0 Å². The van der Waals surface area contributed by atoms with Gasteiger partial charge < -0.3 is 0 Å². The third kappa shape index (κ3) is 16.8. The van der Waals surface area contributed by atoms with Gasteiger partial charge in [0.05, 0.1) is 13.1 Å². The molecule has 200 valence electrons. The third-order valence-corrected chi connectivity index (χ3v) is 7.60. The van der Waals surface area contributed by atoms with E-state index < -0.39 is 0 Å². The molecule has 0 N–H and O–H groups in total. The first kappa shape index (κ1) is 31.2. The lowest BCUT2D eigenvalue weighted by molar-refractivity contribution is -0.704. The van der Waals surface area contributed by atoms with E-state index in [9.17, 15) is 0 Å². The molecular formula is C32H63N2+. The van der Waals surface area contributed by atoms with Crippen molar-refractivity contribution >= 4 is 0 Å². The van der Waals surface area contributed by atoms with Crippen molar-refractivity contribution in [3.8, 4) is 0 Å². The Balaban J connectivity index is 2.27. The van der Waals surface area contributed by atoms with Crippen LogP contribution < -0.4 is 4.57 Å². The van der Waals surface area contributed by atoms with Crippen molar-refractivity contribution in [1.82, 2.24) is 4.57 Å². The van der Waals surface area contributed by atoms with Gasteiger partial charge in [0.2, 0.25) is 0 Å². The van der Waals surface area contributed by atoms with Crippen LogP contribution >= 0.6 is 0 Å². The first-order valence-electron chi connectivity index (χ1n) is 15.9. The first-order chi connectivity index (χ1) is 16.8. The van der Waals surface area contributed by atoms with Crippen LogP contribution in [0, 0.1) is 0 Å². The van der Waals surface area contributed by atoms with E-state index >= 15 is 0 Å². The summed E-state index contributed by atoms with van der Waals surface area (Å²) in [5, 5.41) is 0. The smallest absolute Gasteiger partial charge is 0.234 e. The van der Waals surface area contributed by atoms with Crippen molar-refractivity contribution in [3.05, 3.63) is 18.2 Å². The molecule has 0 bridgehead atoms. The van der Waals surface area contributed by atoms with Crippen molar-refractivity contribution in [2.24, 2.45) is 0 Å². The van der Waals surface area contributed by atoms with Crippen molar-refractivity contribution < 1.29 is 4.57 Å². The van der Waals surface area contributed by atoms with Gasteiger partial charge in [0, 0.05) is 6.42 Å². The van der Waals surface area contributed by atoms with Gasteiger partial charge in [-0.05, 0) is 32.1 Å². The van der Waals surface area contributed by atoms with E-state index in [-0.39, 0.29) is 0 Å². The molecule has 34 heavy (non-hydrogen) atoms. The number of aromatic nitrogens is 2. The lowest BCUT2D eigenvalue weighted by atomic mass is 10.1. The van der Waals surface area contributed by atoms with Crippen molar-refractivity contribution in [2.75, 3.05) is 0 Å². The van der Waals surface area contributed by atoms with Crippen LogP contribution in [0.2, 0.25) is 0 Å². The van der Waals surface area contributed by atoms with E-state index in [1.54, 1.807) is 5.82 Å². The fourth-order valence-corrected chi connectivity index (χ4v) is 5.26. The van der Waals surface area contributed by atoms with Crippen molar-refractivity contribution in [2.45, 2.75) is 188 Å². The summed E-state index contributed by atoms with van der Waals surface area (Å²) < 4.78 is 5.20. The molecule has 0 aliphatic rings. The predicted octanol–water partition coefficient (Wildman–Crippen LogP) is 10.4. The number of rotatable bonds is 26. The van der Waals surface area contributed by atoms with Crippen LogP contribution in [0.5, 0.6) is 0 Å². The summed E-state index contributed by atoms with van der Waals surface area (Å²) >= 11 is 0. The Hall–Kier alpha value is -0.790. The number of hydrogen-bond donors (Lipinski definition) is 0. The predicted molar refractivity (Wildman–Crippen MR) is 152 cm³/mol. The minimum atomic E-state index is 1.22. The highest BCUT2D eigenvalue weighted by Gasteiger charge is 2.16. The highest BCUT2D eigenvalue weighted by atomic mass is 15.1. The van der Waals surface area contributed by atoms with Crippen LogP contribution in [0.1, 0.15) is 174 Å². The summed E-state index contributed by atoms with van der Waals surface area (Å²) in [5.41, 5.74) is 0. The van der Waals surface area contributed by atoms with E-state index in [0.29, 0.717) is 0 Å². The molecule has 0 aliphatic heterocycles. The van der Waals surface area contributed by atoms with Crippen LogP contribution in [0.3, 0.4) is 0 Å². The molecular weight excluding hydrogens is 412 g/mol. The molecule has 0 radical (unpaired) electrons. The second kappa shape index (κ2) is 23.9. The second-order valence-corrected chi connectivity index (χ2v) is 10.9. The number of unbranched alkanes of at least 4 members (excludes halogenated alkanes) is 20.